The van der Waals surface area contributed by atoms with Crippen LogP contribution >= 0.6 is 15.2 Å². The van der Waals surface area contributed by atoms with E-state index in [-0.39, 0.29) is 96.0 Å². The molecule has 1 fully saturated rings. The number of imide groups is 2. The van der Waals surface area contributed by atoms with Crippen LogP contribution in [0.25, 0.3) is 21.9 Å². The van der Waals surface area contributed by atoms with E-state index in [0.717, 1.165) is 46.7 Å². The van der Waals surface area contributed by atoms with E-state index in [9.17, 15) is 47.7 Å². The van der Waals surface area contributed by atoms with Crippen molar-refractivity contribution in [3.8, 4) is 0 Å². The quantitative estimate of drug-likeness (QED) is 0.0308. The average Bonchev–Trinajstić information content (AvgIpc) is 3.69. The van der Waals surface area contributed by atoms with E-state index < -0.39 is 61.9 Å². The minimum absolute atomic E-state index is 0. The number of rotatable bonds is 13. The van der Waals surface area contributed by atoms with E-state index in [1.165, 1.54) is 0 Å². The zero-order chi connectivity index (χ0) is 48.8. The number of carbonyl (C=O) groups is 4. The number of allylic oxidation sites excluding steroid dienone is 4. The summed E-state index contributed by atoms with van der Waals surface area (Å²) >= 11 is 0. The number of hydrogen-bond donors (Lipinski definition) is 0. The van der Waals surface area contributed by atoms with Gasteiger partial charge in [0, 0.05) is 88.0 Å². The second kappa shape index (κ2) is 24.7. The van der Waals surface area contributed by atoms with Crippen molar-refractivity contribution in [3.63, 3.8) is 0 Å². The predicted molar refractivity (Wildman–Crippen MR) is 249 cm³/mol. The van der Waals surface area contributed by atoms with Crippen molar-refractivity contribution in [1.82, 2.24) is 0 Å². The van der Waals surface area contributed by atoms with Gasteiger partial charge in [-0.3, -0.25) is 19.2 Å². The zero-order valence-corrected chi connectivity index (χ0v) is 45.7. The third-order valence-corrected chi connectivity index (χ3v) is 12.2. The molecule has 3 aliphatic rings. The molecule has 0 saturated carbocycles. The Hall–Kier alpha value is -4.00. The number of fused-ring (bicyclic) bond motifs is 3. The van der Waals surface area contributed by atoms with Gasteiger partial charge in [-0.1, -0.05) is 37.0 Å². The number of benzene rings is 2. The molecule has 0 radical (unpaired) electrons. The van der Waals surface area contributed by atoms with Crippen molar-refractivity contribution in [2.45, 2.75) is 33.1 Å². The topological polar surface area (TPSA) is 240 Å². The maximum atomic E-state index is 13.4. The largest absolute Gasteiger partial charge is 1.00 e. The summed E-state index contributed by atoms with van der Waals surface area (Å²) in [5, 5.41) is 1.33. The van der Waals surface area contributed by atoms with Crippen LogP contribution in [0.5, 0.6) is 0 Å². The van der Waals surface area contributed by atoms with Crippen LogP contribution in [-0.2, 0) is 37.4 Å². The molecule has 22 heteroatoms. The number of carbonyl (C=O) groups excluding carboxylic acids is 4. The summed E-state index contributed by atoms with van der Waals surface area (Å²) in [6.07, 6.45) is 12.3. The molecular formula is C46H52N4Na2O14P2. The number of anilines is 4. The molecule has 7 rings (SSSR count). The number of hydrogen-bond acceptors (Lipinski definition) is 16. The first-order chi connectivity index (χ1) is 30.9. The average molecular weight is 993 g/mol. The molecule has 5 unspecified atom stereocenters. The van der Waals surface area contributed by atoms with E-state index in [2.05, 4.69) is 11.1 Å². The van der Waals surface area contributed by atoms with E-state index in [1.807, 2.05) is 68.3 Å². The molecule has 4 aromatic rings. The number of amides is 4. The molecule has 352 valence electrons. The number of nitrogens with zero attached hydrogens (tertiary/aromatic N) is 4. The van der Waals surface area contributed by atoms with Crippen LogP contribution in [0.1, 0.15) is 30.4 Å². The van der Waals surface area contributed by atoms with Crippen LogP contribution in [0.3, 0.4) is 0 Å². The Bertz CT molecular complexity index is 2860. The Balaban J connectivity index is 0.000000302. The summed E-state index contributed by atoms with van der Waals surface area (Å²) in [7, 11) is 0.0946. The fraction of sp³-hybridized carbons (Fsp3) is 0.348. The van der Waals surface area contributed by atoms with Crippen LogP contribution in [-0.4, -0.2) is 78.4 Å². The molecular weight excluding hydrogens is 940 g/mol. The summed E-state index contributed by atoms with van der Waals surface area (Å²) in [6, 6.07) is 10.9. The fourth-order valence-corrected chi connectivity index (χ4v) is 8.56. The molecule has 2 aromatic heterocycles. The summed E-state index contributed by atoms with van der Waals surface area (Å²) in [4.78, 5) is 103. The molecule has 0 N–H and O–H groups in total. The zero-order valence-electron chi connectivity index (χ0n) is 39.9. The Kier molecular flexibility index (Phi) is 21.2. The normalized spacial score (nSPS) is 19.1. The second-order valence-electron chi connectivity index (χ2n) is 16.1. The monoisotopic (exact) mass is 992 g/mol. The Morgan fingerprint density at radius 2 is 1.22 bits per heavy atom. The minimum Gasteiger partial charge on any atom is -0.779 e. The number of aryl methyl sites for hydroxylation is 2. The van der Waals surface area contributed by atoms with Gasteiger partial charge in [0.15, 0.2) is 0 Å². The molecule has 1 aliphatic carbocycles. The third-order valence-electron chi connectivity index (χ3n) is 10.9. The summed E-state index contributed by atoms with van der Waals surface area (Å²) in [5.41, 5.74) is 2.04. The van der Waals surface area contributed by atoms with Crippen molar-refractivity contribution < 1.29 is 115 Å². The molecule has 5 atom stereocenters. The molecule has 0 bridgehead atoms. The first kappa shape index (κ1) is 58.3. The second-order valence-corrected chi connectivity index (χ2v) is 19.7. The first-order valence-corrected chi connectivity index (χ1v) is 24.7. The first-order valence-electron chi connectivity index (χ1n) is 20.7. The maximum absolute atomic E-state index is 13.4. The van der Waals surface area contributed by atoms with Gasteiger partial charge in [-0.25, -0.2) is 19.4 Å². The van der Waals surface area contributed by atoms with Crippen molar-refractivity contribution in [3.05, 3.63) is 117 Å². The van der Waals surface area contributed by atoms with Gasteiger partial charge in [-0.15, -0.1) is 0 Å². The molecule has 1 saturated heterocycles. The summed E-state index contributed by atoms with van der Waals surface area (Å²) < 4.78 is 41.9. The molecule has 0 spiro atoms. The van der Waals surface area contributed by atoms with Gasteiger partial charge in [-0.05, 0) is 74.4 Å². The standard InChI is InChI=1S/C23H27N2O7P.C16H14N2O4.C7H13O3P.2Na/c1-13-16-9-8-15(24(2)3)12-18(16)32-23(28)20(13)25-21(26)17-7-5-6-14(19(17)22(25)27)10-11-31-33(4,29)30;1-9-11-5-4-10(17(2)3)8-12(11)22-16(21)15(9)18-13(19)6-7-14(18)20;1-3-4-5-6-7-10-11(2,8)9;;/h5-6,8-9,12,14,17,19H,7,10-11H2,1-4H3,(H,29,30);4-8H,1-3H3;3-5H,1,6-7H2,2H3,(H,8,9);;/q;;;2*+1/p-2/b;;5-4+;;. The molecule has 4 amide bonds. The van der Waals surface area contributed by atoms with E-state index in [4.69, 9.17) is 13.4 Å². The molecule has 18 nitrogen and oxygen atoms in total. The van der Waals surface area contributed by atoms with Crippen LogP contribution < -0.4 is 99.8 Å². The van der Waals surface area contributed by atoms with Gasteiger partial charge in [-0.2, -0.15) is 0 Å². The van der Waals surface area contributed by atoms with Crippen LogP contribution in [0.4, 0.5) is 22.7 Å². The van der Waals surface area contributed by atoms with Crippen LogP contribution in [0, 0.1) is 31.6 Å². The van der Waals surface area contributed by atoms with Crippen molar-refractivity contribution in [2.24, 2.45) is 17.8 Å². The Morgan fingerprint density at radius 1 is 0.750 bits per heavy atom. The van der Waals surface area contributed by atoms with E-state index in [1.54, 1.807) is 50.3 Å². The Morgan fingerprint density at radius 3 is 1.68 bits per heavy atom. The SMILES string of the molecule is C=C/C=C/CCOP(C)(=O)[O-].Cc1c(N2C(=O)C3CC=CC(CCOP(C)(=O)[O-])C3C2=O)c(=O)oc2cc(N(C)C)ccc12.Cc1c(N2C(=O)C=CC2=O)c(=O)oc2cc(N(C)C)ccc12.[Na+].[Na+]. The Labute approximate surface area is 437 Å². The van der Waals surface area contributed by atoms with Crippen molar-refractivity contribution in [1.29, 1.82) is 0 Å². The van der Waals surface area contributed by atoms with Gasteiger partial charge >= 0.3 is 70.4 Å². The maximum Gasteiger partial charge on any atom is 1.00 e. The van der Waals surface area contributed by atoms with Crippen molar-refractivity contribution in [2.75, 3.05) is 74.3 Å². The van der Waals surface area contributed by atoms with Gasteiger partial charge in [0.25, 0.3) is 11.8 Å². The molecule has 4 heterocycles. The summed E-state index contributed by atoms with van der Waals surface area (Å²) in [6.45, 7) is 9.03. The fourth-order valence-electron chi connectivity index (χ4n) is 7.69. The van der Waals surface area contributed by atoms with Crippen LogP contribution in [0.15, 0.2) is 104 Å². The van der Waals surface area contributed by atoms with Crippen molar-refractivity contribution >= 4 is 83.5 Å². The van der Waals surface area contributed by atoms with E-state index >= 15 is 0 Å². The van der Waals surface area contributed by atoms with Crippen LogP contribution in [0.2, 0.25) is 0 Å². The molecule has 2 aliphatic heterocycles. The third kappa shape index (κ3) is 14.1. The molecule has 2 aromatic carbocycles. The van der Waals surface area contributed by atoms with Gasteiger partial charge in [0.2, 0.25) is 11.8 Å². The minimum atomic E-state index is -3.89. The van der Waals surface area contributed by atoms with E-state index in [0.29, 0.717) is 45.9 Å². The van der Waals surface area contributed by atoms with Gasteiger partial charge in [0.1, 0.15) is 37.7 Å². The predicted octanol–water partition coefficient (Wildman–Crippen LogP) is -0.638. The van der Waals surface area contributed by atoms with Gasteiger partial charge in [0.05, 0.1) is 25.0 Å². The van der Waals surface area contributed by atoms with Gasteiger partial charge < -0.3 is 46.6 Å². The summed E-state index contributed by atoms with van der Waals surface area (Å²) in [5.74, 6) is -3.65. The smallest absolute Gasteiger partial charge is 0.779 e. The molecule has 68 heavy (non-hydrogen) atoms.